The highest BCUT2D eigenvalue weighted by Gasteiger charge is 2.20. The first-order valence-corrected chi connectivity index (χ1v) is 7.09. The lowest BCUT2D eigenvalue weighted by Gasteiger charge is -2.04. The van der Waals surface area contributed by atoms with Crippen molar-refractivity contribution in [3.05, 3.63) is 64.8 Å². The number of amides is 1. The number of nitriles is 1. The second kappa shape index (κ2) is 5.95. The van der Waals surface area contributed by atoms with Crippen LogP contribution in [0, 0.1) is 11.3 Å². The average Bonchev–Trinajstić information content (AvgIpc) is 2.97. The summed E-state index contributed by atoms with van der Waals surface area (Å²) in [5, 5.41) is 12.5. The van der Waals surface area contributed by atoms with Gasteiger partial charge in [-0.05, 0) is 30.3 Å². The lowest BCUT2D eigenvalue weighted by atomic mass is 10.1. The van der Waals surface area contributed by atoms with Crippen LogP contribution in [0.3, 0.4) is 0 Å². The van der Waals surface area contributed by atoms with Gasteiger partial charge in [0.1, 0.15) is 0 Å². The van der Waals surface area contributed by atoms with Crippen molar-refractivity contribution in [2.24, 2.45) is 0 Å². The van der Waals surface area contributed by atoms with Crippen LogP contribution in [0.25, 0.3) is 10.9 Å². The fraction of sp³-hybridized carbons (Fsp3) is 0. The molecule has 0 fully saturated rings. The average molecular weight is 324 g/mol. The molecule has 0 bridgehead atoms. The maximum Gasteiger partial charge on any atom is 0.296 e. The summed E-state index contributed by atoms with van der Waals surface area (Å²) in [5.41, 5.74) is 1.74. The lowest BCUT2D eigenvalue weighted by molar-refractivity contribution is -0.112. The van der Waals surface area contributed by atoms with Gasteiger partial charge in [-0.15, -0.1) is 0 Å². The van der Waals surface area contributed by atoms with Crippen molar-refractivity contribution < 1.29 is 9.59 Å². The molecule has 6 heteroatoms. The summed E-state index contributed by atoms with van der Waals surface area (Å²) in [6, 6.07) is 13.4. The van der Waals surface area contributed by atoms with Crippen LogP contribution in [0.1, 0.15) is 15.9 Å². The van der Waals surface area contributed by atoms with Gasteiger partial charge in [0.2, 0.25) is 0 Å². The standard InChI is InChI=1S/C17H10ClN3O2/c18-11-4-5-13-14(9-20-15(13)7-11)16(22)17(23)21-12-3-1-2-10(6-12)8-19/h1-7,9,20H,(H,21,23). The zero-order valence-electron chi connectivity index (χ0n) is 11.8. The van der Waals surface area contributed by atoms with Crippen molar-refractivity contribution in [2.45, 2.75) is 0 Å². The van der Waals surface area contributed by atoms with Crippen LogP contribution in [-0.4, -0.2) is 16.7 Å². The molecule has 2 N–H and O–H groups in total. The van der Waals surface area contributed by atoms with Gasteiger partial charge < -0.3 is 10.3 Å². The minimum atomic E-state index is -0.768. The second-order valence-electron chi connectivity index (χ2n) is 4.87. The van der Waals surface area contributed by atoms with E-state index >= 15 is 0 Å². The minimum absolute atomic E-state index is 0.269. The Bertz CT molecular complexity index is 969. The molecule has 0 spiro atoms. The Morgan fingerprint density at radius 3 is 2.78 bits per heavy atom. The quantitative estimate of drug-likeness (QED) is 0.571. The van der Waals surface area contributed by atoms with E-state index < -0.39 is 11.7 Å². The fourth-order valence-corrected chi connectivity index (χ4v) is 2.44. The molecule has 5 nitrogen and oxygen atoms in total. The number of anilines is 1. The molecule has 0 atom stereocenters. The van der Waals surface area contributed by atoms with E-state index in [0.29, 0.717) is 27.2 Å². The molecule has 2 aromatic carbocycles. The molecule has 1 amide bonds. The number of nitrogens with one attached hydrogen (secondary N) is 2. The van der Waals surface area contributed by atoms with Crippen LogP contribution in [0.5, 0.6) is 0 Å². The van der Waals surface area contributed by atoms with Crippen LogP contribution in [0.15, 0.2) is 48.7 Å². The summed E-state index contributed by atoms with van der Waals surface area (Å²) in [6.45, 7) is 0. The molecular formula is C17H10ClN3O2. The zero-order valence-corrected chi connectivity index (χ0v) is 12.5. The van der Waals surface area contributed by atoms with Crippen LogP contribution in [0.2, 0.25) is 5.02 Å². The number of carbonyl (C=O) groups excluding carboxylic acids is 2. The van der Waals surface area contributed by atoms with Gasteiger partial charge in [0.05, 0.1) is 17.2 Å². The molecule has 1 aromatic heterocycles. The molecule has 0 saturated carbocycles. The number of H-pyrrole nitrogens is 1. The van der Waals surface area contributed by atoms with E-state index in [-0.39, 0.29) is 5.56 Å². The zero-order chi connectivity index (χ0) is 16.4. The van der Waals surface area contributed by atoms with Gasteiger partial charge in [0.25, 0.3) is 11.7 Å². The molecule has 23 heavy (non-hydrogen) atoms. The predicted octanol–water partition coefficient (Wildman–Crippen LogP) is 3.51. The number of hydrogen-bond donors (Lipinski definition) is 2. The normalized spacial score (nSPS) is 10.3. The number of ketones is 1. The number of carbonyl (C=O) groups is 2. The van der Waals surface area contributed by atoms with E-state index in [4.69, 9.17) is 16.9 Å². The topological polar surface area (TPSA) is 85.8 Å². The number of nitrogens with zero attached hydrogens (tertiary/aromatic N) is 1. The highest BCUT2D eigenvalue weighted by molar-refractivity contribution is 6.48. The van der Waals surface area contributed by atoms with Crippen LogP contribution < -0.4 is 5.32 Å². The summed E-state index contributed by atoms with van der Waals surface area (Å²) in [4.78, 5) is 27.4. The van der Waals surface area contributed by atoms with Crippen molar-refractivity contribution in [3.63, 3.8) is 0 Å². The van der Waals surface area contributed by atoms with Crippen molar-refractivity contribution in [3.8, 4) is 6.07 Å². The fourth-order valence-electron chi connectivity index (χ4n) is 2.26. The van der Waals surface area contributed by atoms with Gasteiger partial charge in [-0.3, -0.25) is 9.59 Å². The maximum absolute atomic E-state index is 12.3. The van der Waals surface area contributed by atoms with E-state index in [1.54, 1.807) is 36.4 Å². The molecule has 0 unspecified atom stereocenters. The first kappa shape index (κ1) is 14.8. The van der Waals surface area contributed by atoms with Crippen LogP contribution >= 0.6 is 11.6 Å². The summed E-state index contributed by atoms with van der Waals surface area (Å²) in [7, 11) is 0. The third kappa shape index (κ3) is 2.93. The molecule has 0 aliphatic heterocycles. The molecule has 0 saturated heterocycles. The molecular weight excluding hydrogens is 314 g/mol. The van der Waals surface area contributed by atoms with Gasteiger partial charge in [0, 0.05) is 27.8 Å². The van der Waals surface area contributed by atoms with Crippen LogP contribution in [-0.2, 0) is 4.79 Å². The van der Waals surface area contributed by atoms with Crippen molar-refractivity contribution >= 4 is 39.9 Å². The number of fused-ring (bicyclic) bond motifs is 1. The first-order chi connectivity index (χ1) is 11.1. The minimum Gasteiger partial charge on any atom is -0.360 e. The Hall–Kier alpha value is -3.10. The molecule has 0 aliphatic carbocycles. The Kier molecular flexibility index (Phi) is 3.83. The van der Waals surface area contributed by atoms with E-state index in [0.717, 1.165) is 0 Å². The SMILES string of the molecule is N#Cc1cccc(NC(=O)C(=O)c2c[nH]c3cc(Cl)ccc23)c1. The molecule has 0 aliphatic rings. The summed E-state index contributed by atoms with van der Waals surface area (Å²) in [5.74, 6) is -1.43. The second-order valence-corrected chi connectivity index (χ2v) is 5.30. The number of Topliss-reactive ketones (excluding diaryl/α,β-unsaturated/α-hetero) is 1. The summed E-state index contributed by atoms with van der Waals surface area (Å²) >= 11 is 5.90. The Labute approximate surface area is 136 Å². The van der Waals surface area contributed by atoms with Gasteiger partial charge >= 0.3 is 0 Å². The highest BCUT2D eigenvalue weighted by Crippen LogP contribution is 2.22. The first-order valence-electron chi connectivity index (χ1n) is 6.71. The van der Waals surface area contributed by atoms with Crippen molar-refractivity contribution in [1.29, 1.82) is 5.26 Å². The predicted molar refractivity (Wildman–Crippen MR) is 87.4 cm³/mol. The summed E-state index contributed by atoms with van der Waals surface area (Å²) in [6.07, 6.45) is 1.48. The molecule has 1 heterocycles. The molecule has 112 valence electrons. The summed E-state index contributed by atoms with van der Waals surface area (Å²) < 4.78 is 0. The van der Waals surface area contributed by atoms with Crippen molar-refractivity contribution in [2.75, 3.05) is 5.32 Å². The van der Waals surface area contributed by atoms with E-state index in [1.807, 2.05) is 6.07 Å². The van der Waals surface area contributed by atoms with Gasteiger partial charge in [0.15, 0.2) is 0 Å². The number of benzene rings is 2. The number of rotatable bonds is 3. The highest BCUT2D eigenvalue weighted by atomic mass is 35.5. The number of aromatic nitrogens is 1. The van der Waals surface area contributed by atoms with E-state index in [2.05, 4.69) is 10.3 Å². The third-order valence-corrected chi connectivity index (χ3v) is 3.58. The Morgan fingerprint density at radius 1 is 1.17 bits per heavy atom. The van der Waals surface area contributed by atoms with Crippen molar-refractivity contribution in [1.82, 2.24) is 4.98 Å². The van der Waals surface area contributed by atoms with E-state index in [1.165, 1.54) is 12.3 Å². The van der Waals surface area contributed by atoms with Crippen LogP contribution in [0.4, 0.5) is 5.69 Å². The third-order valence-electron chi connectivity index (χ3n) is 3.34. The maximum atomic E-state index is 12.3. The van der Waals surface area contributed by atoms with Gasteiger partial charge in [-0.2, -0.15) is 5.26 Å². The lowest BCUT2D eigenvalue weighted by Crippen LogP contribution is -2.22. The number of halogens is 1. The van der Waals surface area contributed by atoms with E-state index in [9.17, 15) is 9.59 Å². The Balaban J connectivity index is 1.87. The smallest absolute Gasteiger partial charge is 0.296 e. The number of aromatic amines is 1. The molecule has 3 rings (SSSR count). The molecule has 3 aromatic rings. The Morgan fingerprint density at radius 2 is 2.00 bits per heavy atom. The molecule has 0 radical (unpaired) electrons. The van der Waals surface area contributed by atoms with Gasteiger partial charge in [-0.25, -0.2) is 0 Å². The van der Waals surface area contributed by atoms with Gasteiger partial charge in [-0.1, -0.05) is 23.7 Å². The largest absolute Gasteiger partial charge is 0.360 e. The number of hydrogen-bond acceptors (Lipinski definition) is 3. The monoisotopic (exact) mass is 323 g/mol.